The highest BCUT2D eigenvalue weighted by Crippen LogP contribution is 2.34. The predicted molar refractivity (Wildman–Crippen MR) is 92.0 cm³/mol. The van der Waals surface area contributed by atoms with Gasteiger partial charge in [-0.15, -0.1) is 11.3 Å². The first kappa shape index (κ1) is 15.3. The van der Waals surface area contributed by atoms with Gasteiger partial charge in [0.25, 0.3) is 11.1 Å². The lowest BCUT2D eigenvalue weighted by atomic mass is 10.2. The average molecular weight is 350 g/mol. The molecule has 22 heavy (non-hydrogen) atoms. The minimum atomic E-state index is -0.238. The molecule has 2 heterocycles. The summed E-state index contributed by atoms with van der Waals surface area (Å²) in [5.74, 6) is -0.238. The largest absolute Gasteiger partial charge is 0.293 e. The number of carbonyl (C=O) groups excluding carboxylic acids is 2. The fourth-order valence-electron chi connectivity index (χ4n) is 2.06. The summed E-state index contributed by atoms with van der Waals surface area (Å²) in [4.78, 5) is 27.3. The quantitative estimate of drug-likeness (QED) is 0.736. The van der Waals surface area contributed by atoms with Crippen molar-refractivity contribution in [2.24, 2.45) is 0 Å². The second kappa shape index (κ2) is 6.28. The highest BCUT2D eigenvalue weighted by molar-refractivity contribution is 8.18. The van der Waals surface area contributed by atoms with Gasteiger partial charge in [0.1, 0.15) is 0 Å². The Labute approximate surface area is 141 Å². The number of carbonyl (C=O) groups is 2. The number of imide groups is 1. The lowest BCUT2D eigenvalue weighted by Crippen LogP contribution is -2.27. The molecule has 3 nitrogen and oxygen atoms in total. The number of amides is 2. The predicted octanol–water partition coefficient (Wildman–Crippen LogP) is 4.95. The summed E-state index contributed by atoms with van der Waals surface area (Å²) >= 11 is 8.39. The number of thiophene rings is 1. The van der Waals surface area contributed by atoms with E-state index in [0.717, 1.165) is 27.8 Å². The molecule has 1 aromatic heterocycles. The number of hydrogen-bond acceptors (Lipinski definition) is 4. The third-order valence-corrected chi connectivity index (χ3v) is 5.42. The van der Waals surface area contributed by atoms with E-state index in [9.17, 15) is 9.59 Å². The van der Waals surface area contributed by atoms with E-state index in [2.05, 4.69) is 0 Å². The van der Waals surface area contributed by atoms with Crippen LogP contribution in [-0.2, 0) is 11.3 Å². The third-order valence-electron chi connectivity index (χ3n) is 3.29. The van der Waals surface area contributed by atoms with Crippen LogP contribution in [0.1, 0.15) is 16.0 Å². The summed E-state index contributed by atoms with van der Waals surface area (Å²) in [5, 5.41) is 2.37. The minimum Gasteiger partial charge on any atom is -0.268 e. The zero-order chi connectivity index (χ0) is 15.7. The number of thioether (sulfide) groups is 1. The Balaban J connectivity index is 1.81. The molecule has 0 N–H and O–H groups in total. The molecule has 0 radical (unpaired) electrons. The van der Waals surface area contributed by atoms with Gasteiger partial charge in [-0.05, 0) is 59.5 Å². The van der Waals surface area contributed by atoms with E-state index in [-0.39, 0.29) is 17.7 Å². The van der Waals surface area contributed by atoms with Crippen LogP contribution in [0.3, 0.4) is 0 Å². The van der Waals surface area contributed by atoms with Crippen molar-refractivity contribution in [1.82, 2.24) is 4.90 Å². The molecule has 2 amide bonds. The van der Waals surface area contributed by atoms with Gasteiger partial charge in [0.15, 0.2) is 0 Å². The van der Waals surface area contributed by atoms with Crippen LogP contribution in [-0.4, -0.2) is 16.0 Å². The van der Waals surface area contributed by atoms with E-state index >= 15 is 0 Å². The van der Waals surface area contributed by atoms with Crippen molar-refractivity contribution in [2.75, 3.05) is 0 Å². The number of hydrogen-bond donors (Lipinski definition) is 0. The third kappa shape index (κ3) is 3.11. The molecule has 0 spiro atoms. The van der Waals surface area contributed by atoms with Gasteiger partial charge in [0, 0.05) is 9.90 Å². The summed E-state index contributed by atoms with van der Waals surface area (Å²) in [7, 11) is 0. The van der Waals surface area contributed by atoms with Crippen LogP contribution in [0.5, 0.6) is 0 Å². The zero-order valence-electron chi connectivity index (χ0n) is 11.7. The van der Waals surface area contributed by atoms with Crippen molar-refractivity contribution >= 4 is 51.9 Å². The molecule has 1 fully saturated rings. The van der Waals surface area contributed by atoms with Crippen LogP contribution >= 0.6 is 34.7 Å². The molecular weight excluding hydrogens is 338 g/mol. The zero-order valence-corrected chi connectivity index (χ0v) is 14.1. The molecule has 1 aliphatic heterocycles. The first-order chi connectivity index (χ1) is 10.5. The van der Waals surface area contributed by atoms with Gasteiger partial charge in [0.2, 0.25) is 0 Å². The lowest BCUT2D eigenvalue weighted by Gasteiger charge is -2.12. The molecular formula is C16H12ClNO2S2. The van der Waals surface area contributed by atoms with E-state index in [1.165, 1.54) is 4.90 Å². The molecule has 1 aliphatic rings. The van der Waals surface area contributed by atoms with Crippen LogP contribution in [0.4, 0.5) is 4.79 Å². The van der Waals surface area contributed by atoms with Crippen molar-refractivity contribution in [3.8, 4) is 0 Å². The van der Waals surface area contributed by atoms with Crippen molar-refractivity contribution in [3.63, 3.8) is 0 Å². The topological polar surface area (TPSA) is 37.4 Å². The summed E-state index contributed by atoms with van der Waals surface area (Å²) in [6.45, 7) is 2.25. The van der Waals surface area contributed by atoms with Crippen LogP contribution in [0.15, 0.2) is 40.6 Å². The Hall–Kier alpha value is -1.56. The van der Waals surface area contributed by atoms with Crippen LogP contribution < -0.4 is 0 Å². The van der Waals surface area contributed by atoms with Gasteiger partial charge in [-0.1, -0.05) is 23.7 Å². The standard InChI is InChI=1S/C16H12ClNO2S2/c1-10-6-7-21-13(10)8-14-15(19)18(16(20)22-14)9-11-2-4-12(17)5-3-11/h2-8H,9H2,1H3/b14-8-. The Bertz CT molecular complexity index is 765. The summed E-state index contributed by atoms with van der Waals surface area (Å²) < 4.78 is 0. The van der Waals surface area contributed by atoms with Crippen molar-refractivity contribution in [1.29, 1.82) is 0 Å². The van der Waals surface area contributed by atoms with E-state index in [1.807, 2.05) is 30.5 Å². The first-order valence-corrected chi connectivity index (χ1v) is 8.66. The number of rotatable bonds is 3. The van der Waals surface area contributed by atoms with E-state index in [4.69, 9.17) is 11.6 Å². The second-order valence-electron chi connectivity index (χ2n) is 4.86. The maximum absolute atomic E-state index is 12.4. The van der Waals surface area contributed by atoms with Gasteiger partial charge in [-0.25, -0.2) is 0 Å². The van der Waals surface area contributed by atoms with Gasteiger partial charge in [0.05, 0.1) is 11.4 Å². The molecule has 0 atom stereocenters. The Kier molecular flexibility index (Phi) is 4.38. The smallest absolute Gasteiger partial charge is 0.268 e. The normalized spacial score (nSPS) is 16.8. The number of halogens is 1. The first-order valence-electron chi connectivity index (χ1n) is 6.58. The fourth-order valence-corrected chi connectivity index (χ4v) is 3.94. The highest BCUT2D eigenvalue weighted by Gasteiger charge is 2.35. The van der Waals surface area contributed by atoms with Crippen LogP contribution in [0.25, 0.3) is 6.08 Å². The molecule has 0 aliphatic carbocycles. The van der Waals surface area contributed by atoms with Gasteiger partial charge >= 0.3 is 0 Å². The van der Waals surface area contributed by atoms with Crippen molar-refractivity contribution < 1.29 is 9.59 Å². The molecule has 3 rings (SSSR count). The van der Waals surface area contributed by atoms with Crippen molar-refractivity contribution in [2.45, 2.75) is 13.5 Å². The molecule has 1 saturated heterocycles. The average Bonchev–Trinajstić information content (AvgIpc) is 3.00. The Morgan fingerprint density at radius 1 is 1.18 bits per heavy atom. The second-order valence-corrected chi connectivity index (χ2v) is 7.24. The van der Waals surface area contributed by atoms with Gasteiger partial charge < -0.3 is 0 Å². The number of nitrogens with zero attached hydrogens (tertiary/aromatic N) is 1. The maximum Gasteiger partial charge on any atom is 0.293 e. The van der Waals surface area contributed by atoms with Gasteiger partial charge in [-0.3, -0.25) is 14.5 Å². The number of aryl methyl sites for hydroxylation is 1. The SMILES string of the molecule is Cc1ccsc1/C=C1\SC(=O)N(Cc2ccc(Cl)cc2)C1=O. The fraction of sp³-hybridized carbons (Fsp3) is 0.125. The monoisotopic (exact) mass is 349 g/mol. The minimum absolute atomic E-state index is 0.236. The highest BCUT2D eigenvalue weighted by atomic mass is 35.5. The number of benzene rings is 1. The van der Waals surface area contributed by atoms with Crippen LogP contribution in [0, 0.1) is 6.92 Å². The Morgan fingerprint density at radius 3 is 2.55 bits per heavy atom. The molecule has 0 bridgehead atoms. The molecule has 6 heteroatoms. The van der Waals surface area contributed by atoms with Crippen LogP contribution in [0.2, 0.25) is 5.02 Å². The molecule has 2 aromatic rings. The molecule has 112 valence electrons. The maximum atomic E-state index is 12.4. The molecule has 1 aromatic carbocycles. The lowest BCUT2D eigenvalue weighted by molar-refractivity contribution is -0.123. The summed E-state index contributed by atoms with van der Waals surface area (Å²) in [6, 6.07) is 9.13. The van der Waals surface area contributed by atoms with E-state index < -0.39 is 0 Å². The van der Waals surface area contributed by atoms with E-state index in [1.54, 1.807) is 29.5 Å². The van der Waals surface area contributed by atoms with Crippen molar-refractivity contribution in [3.05, 3.63) is 61.6 Å². The van der Waals surface area contributed by atoms with E-state index in [0.29, 0.717) is 9.93 Å². The van der Waals surface area contributed by atoms with Gasteiger partial charge in [-0.2, -0.15) is 0 Å². The molecule has 0 saturated carbocycles. The summed E-state index contributed by atoms with van der Waals surface area (Å²) in [6.07, 6.45) is 1.80. The summed E-state index contributed by atoms with van der Waals surface area (Å²) in [5.41, 5.74) is 1.98. The molecule has 0 unspecified atom stereocenters. The Morgan fingerprint density at radius 2 is 1.91 bits per heavy atom.